The fraction of sp³-hybridized carbons (Fsp3) is 0.304. The van der Waals surface area contributed by atoms with Crippen LogP contribution in [0.4, 0.5) is 5.69 Å². The van der Waals surface area contributed by atoms with Crippen molar-refractivity contribution in [3.8, 4) is 10.6 Å². The Morgan fingerprint density at radius 2 is 1.88 bits per heavy atom. The van der Waals surface area contributed by atoms with E-state index in [-0.39, 0.29) is 30.8 Å². The highest BCUT2D eigenvalue weighted by Gasteiger charge is 2.27. The van der Waals surface area contributed by atoms with Gasteiger partial charge in [0.25, 0.3) is 5.91 Å². The molecule has 1 aliphatic rings. The fourth-order valence-electron chi connectivity index (χ4n) is 3.50. The number of aromatic nitrogens is 1. The third kappa shape index (κ3) is 5.80. The number of carbonyl (C=O) groups excluding carboxylic acids is 3. The van der Waals surface area contributed by atoms with Crippen molar-refractivity contribution in [1.29, 1.82) is 0 Å². The van der Waals surface area contributed by atoms with Gasteiger partial charge in [-0.1, -0.05) is 18.2 Å². The van der Waals surface area contributed by atoms with E-state index >= 15 is 0 Å². The van der Waals surface area contributed by atoms with Crippen LogP contribution in [0.15, 0.2) is 52.5 Å². The fourth-order valence-corrected chi connectivity index (χ4v) is 5.03. The summed E-state index contributed by atoms with van der Waals surface area (Å²) in [4.78, 5) is 43.1. The molecule has 0 saturated carbocycles. The van der Waals surface area contributed by atoms with Crippen LogP contribution in [-0.2, 0) is 25.5 Å². The minimum absolute atomic E-state index is 0.0280. The van der Waals surface area contributed by atoms with Gasteiger partial charge in [-0.25, -0.2) is 4.98 Å². The highest BCUT2D eigenvalue weighted by Crippen LogP contribution is 2.26. The first-order valence-corrected chi connectivity index (χ1v) is 12.2. The van der Waals surface area contributed by atoms with Crippen molar-refractivity contribution < 1.29 is 19.1 Å². The Balaban J connectivity index is 1.18. The molecule has 1 saturated heterocycles. The van der Waals surface area contributed by atoms with Crippen molar-refractivity contribution in [2.45, 2.75) is 19.3 Å². The highest BCUT2D eigenvalue weighted by molar-refractivity contribution is 7.14. The van der Waals surface area contributed by atoms with Gasteiger partial charge in [0.2, 0.25) is 5.91 Å². The molecule has 0 unspecified atom stereocenters. The first kappa shape index (κ1) is 22.2. The molecule has 1 fully saturated rings. The number of nitrogens with one attached hydrogen (secondary N) is 1. The van der Waals surface area contributed by atoms with E-state index in [1.165, 1.54) is 11.3 Å². The summed E-state index contributed by atoms with van der Waals surface area (Å²) in [6.07, 6.45) is 1.21. The van der Waals surface area contributed by atoms with Crippen LogP contribution in [-0.4, -0.2) is 47.4 Å². The number of para-hydroxylation sites is 1. The van der Waals surface area contributed by atoms with E-state index in [0.29, 0.717) is 31.6 Å². The zero-order valence-electron chi connectivity index (χ0n) is 17.4. The largest absolute Gasteiger partial charge is 0.455 e. The molecule has 0 atom stereocenters. The van der Waals surface area contributed by atoms with Gasteiger partial charge in [-0.05, 0) is 36.4 Å². The summed E-state index contributed by atoms with van der Waals surface area (Å²) in [5.41, 5.74) is 2.44. The zero-order valence-corrected chi connectivity index (χ0v) is 19.0. The molecule has 2 aromatic heterocycles. The van der Waals surface area contributed by atoms with Crippen LogP contribution in [0.25, 0.3) is 10.6 Å². The lowest BCUT2D eigenvalue weighted by Gasteiger charge is -2.31. The van der Waals surface area contributed by atoms with E-state index in [1.54, 1.807) is 16.2 Å². The molecule has 0 aliphatic carbocycles. The third-order valence-corrected chi connectivity index (χ3v) is 6.89. The molecule has 4 rings (SSSR count). The third-order valence-electron chi connectivity index (χ3n) is 5.26. The van der Waals surface area contributed by atoms with Crippen LogP contribution in [0.1, 0.15) is 18.5 Å². The molecule has 0 spiro atoms. The number of amides is 2. The quantitative estimate of drug-likeness (QED) is 0.531. The average molecular weight is 470 g/mol. The molecular weight excluding hydrogens is 446 g/mol. The second-order valence-electron chi connectivity index (χ2n) is 7.50. The Morgan fingerprint density at radius 1 is 1.09 bits per heavy atom. The van der Waals surface area contributed by atoms with E-state index in [9.17, 15) is 14.4 Å². The van der Waals surface area contributed by atoms with Crippen LogP contribution in [0.3, 0.4) is 0 Å². The van der Waals surface area contributed by atoms with Gasteiger partial charge >= 0.3 is 5.97 Å². The van der Waals surface area contributed by atoms with Gasteiger partial charge in [-0.3, -0.25) is 14.4 Å². The molecule has 9 heteroatoms. The lowest BCUT2D eigenvalue weighted by atomic mass is 9.95. The first-order chi connectivity index (χ1) is 15.6. The number of rotatable bonds is 7. The van der Waals surface area contributed by atoms with E-state index < -0.39 is 5.97 Å². The van der Waals surface area contributed by atoms with Crippen molar-refractivity contribution >= 4 is 46.1 Å². The summed E-state index contributed by atoms with van der Waals surface area (Å²) in [6.45, 7) is 0.653. The SMILES string of the molecule is O=C(Cc1csc(-c2ccsc2)n1)OCC(=O)N1CCC(C(=O)Nc2ccccc2)CC1. The number of nitrogens with zero attached hydrogens (tertiary/aromatic N) is 2. The second kappa shape index (κ2) is 10.5. The Hall–Kier alpha value is -3.04. The Morgan fingerprint density at radius 3 is 2.59 bits per heavy atom. The number of thiazole rings is 1. The Kier molecular flexibility index (Phi) is 7.28. The predicted molar refractivity (Wildman–Crippen MR) is 124 cm³/mol. The molecule has 3 heterocycles. The summed E-state index contributed by atoms with van der Waals surface area (Å²) in [6, 6.07) is 11.3. The van der Waals surface area contributed by atoms with Crippen molar-refractivity contribution in [3.05, 3.63) is 58.2 Å². The summed E-state index contributed by atoms with van der Waals surface area (Å²) >= 11 is 3.07. The number of hydrogen-bond acceptors (Lipinski definition) is 7. The number of piperidine rings is 1. The number of ether oxygens (including phenoxy) is 1. The van der Waals surface area contributed by atoms with E-state index in [2.05, 4.69) is 10.3 Å². The summed E-state index contributed by atoms with van der Waals surface area (Å²) in [5, 5.41) is 9.60. The molecule has 3 aromatic rings. The van der Waals surface area contributed by atoms with Crippen molar-refractivity contribution in [1.82, 2.24) is 9.88 Å². The maximum absolute atomic E-state index is 12.4. The Labute approximate surface area is 194 Å². The molecule has 32 heavy (non-hydrogen) atoms. The van der Waals surface area contributed by atoms with Crippen LogP contribution in [0.2, 0.25) is 0 Å². The van der Waals surface area contributed by atoms with E-state index in [4.69, 9.17) is 4.74 Å². The number of benzene rings is 1. The van der Waals surface area contributed by atoms with Gasteiger partial charge in [0.1, 0.15) is 5.01 Å². The van der Waals surface area contributed by atoms with Crippen molar-refractivity contribution in [3.63, 3.8) is 0 Å². The summed E-state index contributed by atoms with van der Waals surface area (Å²) < 4.78 is 5.17. The maximum atomic E-state index is 12.4. The van der Waals surface area contributed by atoms with Gasteiger partial charge < -0.3 is 15.0 Å². The molecule has 2 amide bonds. The van der Waals surface area contributed by atoms with Crippen LogP contribution in [0.5, 0.6) is 0 Å². The maximum Gasteiger partial charge on any atom is 0.312 e. The van der Waals surface area contributed by atoms with Crippen LogP contribution >= 0.6 is 22.7 Å². The van der Waals surface area contributed by atoms with E-state index in [0.717, 1.165) is 16.3 Å². The molecule has 166 valence electrons. The zero-order chi connectivity index (χ0) is 22.3. The standard InChI is InChI=1S/C23H23N3O4S2/c27-20(13-30-21(28)12-19-15-32-23(25-19)17-8-11-31-14-17)26-9-6-16(7-10-26)22(29)24-18-4-2-1-3-5-18/h1-5,8,11,14-16H,6-7,9-10,12-13H2,(H,24,29). The minimum atomic E-state index is -0.474. The number of carbonyl (C=O) groups is 3. The smallest absolute Gasteiger partial charge is 0.312 e. The molecule has 1 aliphatic heterocycles. The van der Waals surface area contributed by atoms with Gasteiger partial charge in [0.05, 0.1) is 12.1 Å². The van der Waals surface area contributed by atoms with Crippen LogP contribution in [0, 0.1) is 5.92 Å². The predicted octanol–water partition coefficient (Wildman–Crippen LogP) is 3.83. The lowest BCUT2D eigenvalue weighted by molar-refractivity contribution is -0.152. The number of esters is 1. The normalized spacial score (nSPS) is 14.2. The second-order valence-corrected chi connectivity index (χ2v) is 9.14. The van der Waals surface area contributed by atoms with E-state index in [1.807, 2.05) is 52.5 Å². The van der Waals surface area contributed by atoms with Gasteiger partial charge in [-0.15, -0.1) is 11.3 Å². The summed E-state index contributed by atoms with van der Waals surface area (Å²) in [7, 11) is 0. The number of hydrogen-bond donors (Lipinski definition) is 1. The topological polar surface area (TPSA) is 88.6 Å². The van der Waals surface area contributed by atoms with Crippen molar-refractivity contribution in [2.75, 3.05) is 25.0 Å². The highest BCUT2D eigenvalue weighted by atomic mass is 32.1. The molecule has 1 aromatic carbocycles. The number of anilines is 1. The molecule has 0 bridgehead atoms. The van der Waals surface area contributed by atoms with Gasteiger partial charge in [-0.2, -0.15) is 11.3 Å². The number of likely N-dealkylation sites (tertiary alicyclic amines) is 1. The monoisotopic (exact) mass is 469 g/mol. The van der Waals surface area contributed by atoms with Gasteiger partial charge in [0.15, 0.2) is 6.61 Å². The first-order valence-electron chi connectivity index (χ1n) is 10.3. The van der Waals surface area contributed by atoms with Crippen LogP contribution < -0.4 is 5.32 Å². The molecule has 7 nitrogen and oxygen atoms in total. The average Bonchev–Trinajstić information content (AvgIpc) is 3.50. The number of thiophene rings is 1. The molecule has 1 N–H and O–H groups in total. The summed E-state index contributed by atoms with van der Waals surface area (Å²) in [5.74, 6) is -0.876. The molecule has 0 radical (unpaired) electrons. The lowest BCUT2D eigenvalue weighted by Crippen LogP contribution is -2.43. The Bertz CT molecular complexity index is 1060. The van der Waals surface area contributed by atoms with Gasteiger partial charge in [0, 0.05) is 41.0 Å². The minimum Gasteiger partial charge on any atom is -0.455 e. The van der Waals surface area contributed by atoms with Crippen molar-refractivity contribution in [2.24, 2.45) is 5.92 Å². The molecular formula is C23H23N3O4S2.